The summed E-state index contributed by atoms with van der Waals surface area (Å²) in [6, 6.07) is 18.3. The molecule has 0 saturated carbocycles. The van der Waals surface area contributed by atoms with Crippen molar-refractivity contribution in [1.82, 2.24) is 4.90 Å². The summed E-state index contributed by atoms with van der Waals surface area (Å²) >= 11 is 0. The van der Waals surface area contributed by atoms with Gasteiger partial charge >= 0.3 is 5.97 Å². The Morgan fingerprint density at radius 1 is 0.931 bits per heavy atom. The Kier molecular flexibility index (Phi) is 6.09. The fourth-order valence-corrected chi connectivity index (χ4v) is 2.66. The van der Waals surface area contributed by atoms with Crippen LogP contribution in [0.25, 0.3) is 0 Å². The van der Waals surface area contributed by atoms with Crippen LogP contribution < -0.4 is 5.32 Å². The normalized spacial score (nSPS) is 11.4. The summed E-state index contributed by atoms with van der Waals surface area (Å²) in [6.07, 6.45) is 0.277. The van der Waals surface area contributed by atoms with E-state index in [1.54, 1.807) is 62.6 Å². The van der Waals surface area contributed by atoms with E-state index < -0.39 is 18.0 Å². The third-order valence-corrected chi connectivity index (χ3v) is 4.13. The van der Waals surface area contributed by atoms with E-state index >= 15 is 0 Å². The van der Waals surface area contributed by atoms with Gasteiger partial charge in [-0.3, -0.25) is 9.59 Å². The van der Waals surface area contributed by atoms with Crippen molar-refractivity contribution in [2.75, 3.05) is 19.4 Å². The van der Waals surface area contributed by atoms with Crippen LogP contribution in [0.2, 0.25) is 0 Å². The number of furan rings is 1. The molecule has 0 bridgehead atoms. The topological polar surface area (TPSA) is 88.9 Å². The van der Waals surface area contributed by atoms with Crippen molar-refractivity contribution in [3.8, 4) is 0 Å². The molecule has 0 aliphatic heterocycles. The Morgan fingerprint density at radius 3 is 2.28 bits per heavy atom. The molecule has 0 aliphatic rings. The van der Waals surface area contributed by atoms with Crippen molar-refractivity contribution < 1.29 is 23.5 Å². The lowest BCUT2D eigenvalue weighted by Crippen LogP contribution is -2.31. The highest BCUT2D eigenvalue weighted by molar-refractivity contribution is 6.07. The minimum atomic E-state index is -1.10. The van der Waals surface area contributed by atoms with Gasteiger partial charge < -0.3 is 19.4 Å². The van der Waals surface area contributed by atoms with Gasteiger partial charge in [-0.1, -0.05) is 42.5 Å². The summed E-state index contributed by atoms with van der Waals surface area (Å²) in [5.41, 5.74) is 0.930. The highest BCUT2D eigenvalue weighted by atomic mass is 16.5. The number of hydrogen-bond donors (Lipinski definition) is 1. The fourth-order valence-electron chi connectivity index (χ4n) is 2.66. The van der Waals surface area contributed by atoms with E-state index in [0.717, 1.165) is 0 Å². The van der Waals surface area contributed by atoms with Crippen molar-refractivity contribution in [3.05, 3.63) is 89.9 Å². The number of para-hydroxylation sites is 1. The second kappa shape index (κ2) is 8.88. The van der Waals surface area contributed by atoms with Crippen molar-refractivity contribution in [3.63, 3.8) is 0 Å². The number of esters is 1. The van der Waals surface area contributed by atoms with Gasteiger partial charge in [-0.15, -0.1) is 0 Å². The molecule has 148 valence electrons. The monoisotopic (exact) mass is 392 g/mol. The highest BCUT2D eigenvalue weighted by Crippen LogP contribution is 2.24. The van der Waals surface area contributed by atoms with Crippen molar-refractivity contribution in [1.29, 1.82) is 0 Å². The molecule has 0 spiro atoms. The smallest absolute Gasteiger partial charge is 0.341 e. The van der Waals surface area contributed by atoms with Crippen LogP contribution in [0.4, 0.5) is 5.69 Å². The van der Waals surface area contributed by atoms with E-state index in [1.165, 1.54) is 23.3 Å². The molecule has 1 heterocycles. The van der Waals surface area contributed by atoms with Gasteiger partial charge in [-0.05, 0) is 24.3 Å². The third kappa shape index (κ3) is 4.70. The van der Waals surface area contributed by atoms with Crippen LogP contribution in [0, 0.1) is 0 Å². The first-order valence-corrected chi connectivity index (χ1v) is 8.88. The van der Waals surface area contributed by atoms with Crippen LogP contribution in [-0.4, -0.2) is 36.8 Å². The molecule has 2 aromatic carbocycles. The number of carbonyl (C=O) groups excluding carboxylic acids is 3. The average Bonchev–Trinajstić information content (AvgIpc) is 3.27. The number of amides is 2. The van der Waals surface area contributed by atoms with E-state index in [1.807, 2.05) is 6.07 Å². The van der Waals surface area contributed by atoms with Crippen molar-refractivity contribution >= 4 is 23.5 Å². The van der Waals surface area contributed by atoms with E-state index in [9.17, 15) is 14.4 Å². The summed E-state index contributed by atoms with van der Waals surface area (Å²) in [4.78, 5) is 39.1. The van der Waals surface area contributed by atoms with Gasteiger partial charge in [0.05, 0.1) is 17.5 Å². The quantitative estimate of drug-likeness (QED) is 0.649. The van der Waals surface area contributed by atoms with E-state index in [2.05, 4.69) is 5.32 Å². The Hall–Kier alpha value is -3.87. The molecular formula is C22H20N2O5. The van der Waals surface area contributed by atoms with Crippen LogP contribution >= 0.6 is 0 Å². The first-order chi connectivity index (χ1) is 14.0. The molecule has 29 heavy (non-hydrogen) atoms. The first kappa shape index (κ1) is 19.9. The predicted octanol–water partition coefficient (Wildman–Crippen LogP) is 3.52. The molecule has 1 N–H and O–H groups in total. The number of rotatable bonds is 6. The van der Waals surface area contributed by atoms with Crippen molar-refractivity contribution in [2.45, 2.75) is 6.10 Å². The second-order valence-corrected chi connectivity index (χ2v) is 6.41. The van der Waals surface area contributed by atoms with Gasteiger partial charge in [-0.2, -0.15) is 0 Å². The van der Waals surface area contributed by atoms with Crippen LogP contribution in [0.5, 0.6) is 0 Å². The SMILES string of the molecule is CN(C)C(=O)C(OC(=O)c1ccccc1NC(=O)c1ccco1)c1ccccc1. The van der Waals surface area contributed by atoms with Crippen LogP contribution in [0.3, 0.4) is 0 Å². The zero-order valence-corrected chi connectivity index (χ0v) is 16.0. The van der Waals surface area contributed by atoms with Gasteiger partial charge in [0.2, 0.25) is 6.10 Å². The number of carbonyl (C=O) groups is 3. The number of benzene rings is 2. The van der Waals surface area contributed by atoms with Crippen LogP contribution in [-0.2, 0) is 9.53 Å². The van der Waals surface area contributed by atoms with E-state index in [4.69, 9.17) is 9.15 Å². The summed E-state index contributed by atoms with van der Waals surface area (Å²) in [5, 5.41) is 2.63. The number of anilines is 1. The number of nitrogens with one attached hydrogen (secondary N) is 1. The third-order valence-electron chi connectivity index (χ3n) is 4.13. The lowest BCUT2D eigenvalue weighted by Gasteiger charge is -2.21. The van der Waals surface area contributed by atoms with Gasteiger partial charge in [-0.25, -0.2) is 4.79 Å². The van der Waals surface area contributed by atoms with Crippen molar-refractivity contribution in [2.24, 2.45) is 0 Å². The maximum Gasteiger partial charge on any atom is 0.341 e. The molecule has 1 atom stereocenters. The molecule has 3 rings (SSSR count). The fraction of sp³-hybridized carbons (Fsp3) is 0.136. The second-order valence-electron chi connectivity index (χ2n) is 6.41. The molecular weight excluding hydrogens is 372 g/mol. The van der Waals surface area contributed by atoms with E-state index in [0.29, 0.717) is 5.56 Å². The summed E-state index contributed by atoms with van der Waals surface area (Å²) in [7, 11) is 3.17. The summed E-state index contributed by atoms with van der Waals surface area (Å²) < 4.78 is 10.6. The zero-order chi connectivity index (χ0) is 20.8. The number of hydrogen-bond acceptors (Lipinski definition) is 5. The van der Waals surface area contributed by atoms with E-state index in [-0.39, 0.29) is 22.9 Å². The molecule has 0 radical (unpaired) electrons. The Bertz CT molecular complexity index is 997. The van der Waals surface area contributed by atoms with Gasteiger partial charge in [0, 0.05) is 19.7 Å². The average molecular weight is 392 g/mol. The largest absolute Gasteiger partial charge is 0.459 e. The molecule has 2 amide bonds. The van der Waals surface area contributed by atoms with Gasteiger partial charge in [0.1, 0.15) is 0 Å². The van der Waals surface area contributed by atoms with Gasteiger partial charge in [0.15, 0.2) is 5.76 Å². The lowest BCUT2D eigenvalue weighted by atomic mass is 10.1. The zero-order valence-electron chi connectivity index (χ0n) is 16.0. The first-order valence-electron chi connectivity index (χ1n) is 8.88. The Morgan fingerprint density at radius 2 is 1.62 bits per heavy atom. The maximum atomic E-state index is 12.9. The molecule has 0 aliphatic carbocycles. The molecule has 7 nitrogen and oxygen atoms in total. The summed E-state index contributed by atoms with van der Waals surface area (Å²) in [5.74, 6) is -1.50. The predicted molar refractivity (Wildman–Crippen MR) is 106 cm³/mol. The molecule has 3 aromatic rings. The minimum Gasteiger partial charge on any atom is -0.459 e. The van der Waals surface area contributed by atoms with Crippen LogP contribution in [0.1, 0.15) is 32.6 Å². The molecule has 0 fully saturated rings. The standard InChI is InChI=1S/C22H20N2O5/c1-24(2)21(26)19(15-9-4-3-5-10-15)29-22(27)16-11-6-7-12-17(16)23-20(25)18-13-8-14-28-18/h3-14,19H,1-2H3,(H,23,25). The molecule has 7 heteroatoms. The Balaban J connectivity index is 1.85. The lowest BCUT2D eigenvalue weighted by molar-refractivity contribution is -0.138. The number of nitrogens with zero attached hydrogens (tertiary/aromatic N) is 1. The minimum absolute atomic E-state index is 0.109. The van der Waals surface area contributed by atoms with Gasteiger partial charge in [0.25, 0.3) is 11.8 Å². The Labute approximate surface area is 167 Å². The number of likely N-dealkylation sites (N-methyl/N-ethyl adjacent to an activating group) is 1. The summed E-state index contributed by atoms with van der Waals surface area (Å²) in [6.45, 7) is 0. The molecule has 1 unspecified atom stereocenters. The number of ether oxygens (including phenoxy) is 1. The molecule has 1 aromatic heterocycles. The highest BCUT2D eigenvalue weighted by Gasteiger charge is 2.28. The van der Waals surface area contributed by atoms with Crippen LogP contribution in [0.15, 0.2) is 77.4 Å². The maximum absolute atomic E-state index is 12.9. The molecule has 0 saturated heterocycles.